The van der Waals surface area contributed by atoms with Crippen LogP contribution in [0.4, 0.5) is 0 Å². The first-order chi connectivity index (χ1) is 11.1. The van der Waals surface area contributed by atoms with E-state index in [9.17, 15) is 5.11 Å². The van der Waals surface area contributed by atoms with Crippen molar-refractivity contribution in [3.8, 4) is 5.75 Å². The van der Waals surface area contributed by atoms with Gasteiger partial charge in [0.25, 0.3) is 0 Å². The van der Waals surface area contributed by atoms with E-state index in [2.05, 4.69) is 34.6 Å². The topological polar surface area (TPSA) is 46.2 Å². The number of rotatable bonds is 0. The molecular formula is C22H33NO. The maximum Gasteiger partial charge on any atom is 0.116 e. The Kier molecular flexibility index (Phi) is 3.28. The van der Waals surface area contributed by atoms with Gasteiger partial charge in [-0.1, -0.05) is 27.7 Å². The fourth-order valence-electron chi connectivity index (χ4n) is 7.38. The van der Waals surface area contributed by atoms with E-state index in [0.29, 0.717) is 29.0 Å². The zero-order chi connectivity index (χ0) is 17.5. The van der Waals surface area contributed by atoms with E-state index in [-0.39, 0.29) is 10.8 Å². The molecular weight excluding hydrogens is 294 g/mol. The number of hydrogen-bond acceptors (Lipinski definition) is 2. The molecule has 2 nitrogen and oxygen atoms in total. The van der Waals surface area contributed by atoms with Crippen LogP contribution in [0.5, 0.6) is 5.75 Å². The van der Waals surface area contributed by atoms with Gasteiger partial charge < -0.3 is 10.8 Å². The van der Waals surface area contributed by atoms with Gasteiger partial charge in [0, 0.05) is 6.04 Å². The van der Waals surface area contributed by atoms with E-state index in [0.717, 1.165) is 12.8 Å². The van der Waals surface area contributed by atoms with Crippen molar-refractivity contribution >= 4 is 0 Å². The van der Waals surface area contributed by atoms with E-state index < -0.39 is 0 Å². The lowest BCUT2D eigenvalue weighted by atomic mass is 9.42. The molecule has 3 aliphatic rings. The Morgan fingerprint density at radius 2 is 1.75 bits per heavy atom. The number of phenols is 1. The summed E-state index contributed by atoms with van der Waals surface area (Å²) in [5.74, 6) is 1.81. The summed E-state index contributed by atoms with van der Waals surface area (Å²) in [5, 5.41) is 10.1. The summed E-state index contributed by atoms with van der Waals surface area (Å²) in [6, 6.07) is 4.32. The lowest BCUT2D eigenvalue weighted by Gasteiger charge is -2.62. The molecule has 1 aromatic rings. The molecule has 0 amide bonds. The highest BCUT2D eigenvalue weighted by Gasteiger charge is 2.62. The maximum atomic E-state index is 10.1. The summed E-state index contributed by atoms with van der Waals surface area (Å²) in [6.45, 7) is 12.0. The standard InChI is InChI=1S/C22H33NO/c1-13-10-15(24)11-14-12-17-21(4)9-7-18(23)20(2,3)16(21)6-8-22(17,5)19(13)14/h10-11,16-18,24H,6-9,12,23H2,1-5H3/t16-,17+,18+,21-,22+/m0/s1. The number of aromatic hydroxyl groups is 1. The van der Waals surface area contributed by atoms with E-state index >= 15 is 0 Å². The van der Waals surface area contributed by atoms with Crippen LogP contribution in [-0.4, -0.2) is 11.1 Å². The first kappa shape index (κ1) is 16.4. The molecule has 0 radical (unpaired) electrons. The zero-order valence-corrected chi connectivity index (χ0v) is 15.9. The molecule has 5 atom stereocenters. The van der Waals surface area contributed by atoms with Crippen LogP contribution >= 0.6 is 0 Å². The number of nitrogens with two attached hydrogens (primary N) is 1. The van der Waals surface area contributed by atoms with Crippen LogP contribution in [-0.2, 0) is 11.8 Å². The molecule has 24 heavy (non-hydrogen) atoms. The number of aryl methyl sites for hydroxylation is 1. The van der Waals surface area contributed by atoms with E-state index in [1.165, 1.54) is 36.0 Å². The summed E-state index contributed by atoms with van der Waals surface area (Å²) < 4.78 is 0. The minimum Gasteiger partial charge on any atom is -0.508 e. The SMILES string of the molecule is Cc1cc(O)cc2c1[C@]1(C)CC[C@H]3C(C)(C)[C@H](N)CC[C@]3(C)[C@H]1C2. The summed E-state index contributed by atoms with van der Waals surface area (Å²) in [7, 11) is 0. The molecule has 0 heterocycles. The third-order valence-electron chi connectivity index (χ3n) is 8.56. The van der Waals surface area contributed by atoms with Crippen molar-refractivity contribution in [2.75, 3.05) is 0 Å². The van der Waals surface area contributed by atoms with Gasteiger partial charge in [0.05, 0.1) is 0 Å². The van der Waals surface area contributed by atoms with Gasteiger partial charge in [0.15, 0.2) is 0 Å². The summed E-state index contributed by atoms with van der Waals surface area (Å²) in [6.07, 6.45) is 6.06. The lowest BCUT2D eigenvalue weighted by Crippen LogP contribution is -2.60. The highest BCUT2D eigenvalue weighted by atomic mass is 16.3. The van der Waals surface area contributed by atoms with Gasteiger partial charge in [0.2, 0.25) is 0 Å². The van der Waals surface area contributed by atoms with Crippen molar-refractivity contribution in [1.29, 1.82) is 0 Å². The van der Waals surface area contributed by atoms with Gasteiger partial charge in [-0.15, -0.1) is 0 Å². The number of phenolic OH excluding ortho intramolecular Hbond substituents is 1. The predicted octanol–water partition coefficient (Wildman–Crippen LogP) is 4.69. The van der Waals surface area contributed by atoms with Gasteiger partial charge in [-0.2, -0.15) is 0 Å². The van der Waals surface area contributed by atoms with Crippen LogP contribution in [0.25, 0.3) is 0 Å². The second-order valence-electron chi connectivity index (χ2n) is 10.0. The molecule has 0 bridgehead atoms. The van der Waals surface area contributed by atoms with Crippen molar-refractivity contribution in [3.63, 3.8) is 0 Å². The quantitative estimate of drug-likeness (QED) is 0.726. The Bertz CT molecular complexity index is 693. The zero-order valence-electron chi connectivity index (χ0n) is 15.9. The normalized spacial score (nSPS) is 43.0. The highest BCUT2D eigenvalue weighted by Crippen LogP contribution is 2.67. The monoisotopic (exact) mass is 327 g/mol. The van der Waals surface area contributed by atoms with Gasteiger partial charge >= 0.3 is 0 Å². The Morgan fingerprint density at radius 1 is 1.04 bits per heavy atom. The molecule has 2 fully saturated rings. The van der Waals surface area contributed by atoms with Crippen molar-refractivity contribution in [2.45, 2.75) is 78.2 Å². The molecule has 4 rings (SSSR count). The molecule has 0 aliphatic heterocycles. The smallest absolute Gasteiger partial charge is 0.116 e. The average molecular weight is 328 g/mol. The summed E-state index contributed by atoms with van der Waals surface area (Å²) >= 11 is 0. The Balaban J connectivity index is 1.83. The first-order valence-corrected chi connectivity index (χ1v) is 9.69. The molecule has 2 heteroatoms. The molecule has 1 aromatic carbocycles. The highest BCUT2D eigenvalue weighted by molar-refractivity contribution is 5.50. The Hall–Kier alpha value is -1.02. The first-order valence-electron chi connectivity index (χ1n) is 9.69. The molecule has 3 aliphatic carbocycles. The Morgan fingerprint density at radius 3 is 2.46 bits per heavy atom. The second kappa shape index (κ2) is 4.78. The molecule has 132 valence electrons. The van der Waals surface area contributed by atoms with E-state index in [1.54, 1.807) is 0 Å². The Labute approximate surface area is 146 Å². The van der Waals surface area contributed by atoms with Crippen LogP contribution in [0.1, 0.15) is 70.1 Å². The van der Waals surface area contributed by atoms with Crippen molar-refractivity contribution in [2.24, 2.45) is 28.4 Å². The van der Waals surface area contributed by atoms with E-state index in [1.807, 2.05) is 12.1 Å². The summed E-state index contributed by atoms with van der Waals surface area (Å²) in [5.41, 5.74) is 11.6. The number of fused-ring (bicyclic) bond motifs is 5. The lowest BCUT2D eigenvalue weighted by molar-refractivity contribution is -0.107. The van der Waals surface area contributed by atoms with Crippen LogP contribution in [0.2, 0.25) is 0 Å². The van der Waals surface area contributed by atoms with Crippen LogP contribution in [0, 0.1) is 29.6 Å². The molecule has 3 N–H and O–H groups in total. The van der Waals surface area contributed by atoms with Crippen molar-refractivity contribution in [1.82, 2.24) is 0 Å². The minimum absolute atomic E-state index is 0.223. The third kappa shape index (κ3) is 1.87. The number of hydrogen-bond donors (Lipinski definition) is 2. The molecule has 0 aromatic heterocycles. The second-order valence-corrected chi connectivity index (χ2v) is 10.0. The van der Waals surface area contributed by atoms with Crippen molar-refractivity contribution < 1.29 is 5.11 Å². The molecule has 0 unspecified atom stereocenters. The number of benzene rings is 1. The van der Waals surface area contributed by atoms with Crippen LogP contribution in [0.3, 0.4) is 0 Å². The molecule has 0 spiro atoms. The van der Waals surface area contributed by atoms with Crippen molar-refractivity contribution in [3.05, 3.63) is 28.8 Å². The van der Waals surface area contributed by atoms with Gasteiger partial charge in [-0.3, -0.25) is 0 Å². The van der Waals surface area contributed by atoms with Crippen LogP contribution in [0.15, 0.2) is 12.1 Å². The minimum atomic E-state index is 0.223. The fraction of sp³-hybridized carbons (Fsp3) is 0.727. The van der Waals surface area contributed by atoms with Crippen LogP contribution < -0.4 is 5.73 Å². The largest absolute Gasteiger partial charge is 0.508 e. The summed E-state index contributed by atoms with van der Waals surface area (Å²) in [4.78, 5) is 0. The van der Waals surface area contributed by atoms with Gasteiger partial charge in [0.1, 0.15) is 5.75 Å². The molecule has 2 saturated carbocycles. The predicted molar refractivity (Wildman–Crippen MR) is 99.2 cm³/mol. The average Bonchev–Trinajstić information content (AvgIpc) is 2.77. The van der Waals surface area contributed by atoms with E-state index in [4.69, 9.17) is 5.73 Å². The van der Waals surface area contributed by atoms with Gasteiger partial charge in [-0.25, -0.2) is 0 Å². The molecule has 0 saturated heterocycles. The maximum absolute atomic E-state index is 10.1. The van der Waals surface area contributed by atoms with Gasteiger partial charge in [-0.05, 0) is 95.9 Å². The third-order valence-corrected chi connectivity index (χ3v) is 8.56. The fourth-order valence-corrected chi connectivity index (χ4v) is 7.38.